The van der Waals surface area contributed by atoms with Crippen LogP contribution in [0.3, 0.4) is 0 Å². The van der Waals surface area contributed by atoms with Gasteiger partial charge in [-0.1, -0.05) is 11.6 Å². The number of amides is 1. The van der Waals surface area contributed by atoms with Gasteiger partial charge in [-0.25, -0.2) is 0 Å². The number of hydrogen-bond donors (Lipinski definition) is 2. The van der Waals surface area contributed by atoms with Crippen molar-refractivity contribution in [2.75, 3.05) is 11.9 Å². The molecule has 0 aromatic carbocycles. The fourth-order valence-corrected chi connectivity index (χ4v) is 2.08. The molecule has 0 radical (unpaired) electrons. The Bertz CT molecular complexity index is 377. The largest absolute Gasteiger partial charge is 0.360 e. The van der Waals surface area contributed by atoms with Gasteiger partial charge in [0.05, 0.1) is 0 Å². The number of aryl methyl sites for hydroxylation is 1. The first-order chi connectivity index (χ1) is 7.63. The molecule has 1 fully saturated rings. The van der Waals surface area contributed by atoms with Crippen LogP contribution < -0.4 is 11.1 Å². The normalized spacial score (nSPS) is 17.9. The highest BCUT2D eigenvalue weighted by Crippen LogP contribution is 2.42. The third-order valence-corrected chi connectivity index (χ3v) is 3.28. The predicted octanol–water partition coefficient (Wildman–Crippen LogP) is 1.44. The van der Waals surface area contributed by atoms with Crippen molar-refractivity contribution >= 4 is 11.7 Å². The predicted molar refractivity (Wildman–Crippen MR) is 59.8 cm³/mol. The Morgan fingerprint density at radius 1 is 1.69 bits per heavy atom. The minimum atomic E-state index is -0.0292. The molecule has 2 rings (SSSR count). The van der Waals surface area contributed by atoms with Gasteiger partial charge < -0.3 is 15.6 Å². The molecular weight excluding hydrogens is 206 g/mol. The van der Waals surface area contributed by atoms with E-state index in [2.05, 4.69) is 10.5 Å². The Hall–Kier alpha value is -1.36. The number of carbonyl (C=O) groups is 1. The zero-order chi connectivity index (χ0) is 11.6. The number of aromatic nitrogens is 1. The smallest absolute Gasteiger partial charge is 0.226 e. The van der Waals surface area contributed by atoms with Crippen LogP contribution in [0.25, 0.3) is 0 Å². The van der Waals surface area contributed by atoms with E-state index >= 15 is 0 Å². The van der Waals surface area contributed by atoms with Crippen molar-refractivity contribution in [3.8, 4) is 0 Å². The Kier molecular flexibility index (Phi) is 2.96. The Balaban J connectivity index is 1.89. The second-order valence-corrected chi connectivity index (χ2v) is 4.61. The lowest BCUT2D eigenvalue weighted by molar-refractivity contribution is -0.119. The minimum absolute atomic E-state index is 0.0292. The third kappa shape index (κ3) is 2.24. The number of anilines is 1. The monoisotopic (exact) mass is 223 g/mol. The van der Waals surface area contributed by atoms with Crippen LogP contribution >= 0.6 is 0 Å². The van der Waals surface area contributed by atoms with E-state index < -0.39 is 0 Å². The number of carbonyl (C=O) groups excluding carboxylic acids is 1. The standard InChI is InChI=1S/C11H17N3O2/c1-8-5-9(14-16-8)13-10(15)6-11(7-12)3-2-4-11/h5H,2-4,6-7,12H2,1H3,(H,13,14,15). The van der Waals surface area contributed by atoms with E-state index in [1.54, 1.807) is 13.0 Å². The summed E-state index contributed by atoms with van der Waals surface area (Å²) in [6.45, 7) is 2.37. The highest BCUT2D eigenvalue weighted by atomic mass is 16.5. The van der Waals surface area contributed by atoms with Crippen molar-refractivity contribution in [1.29, 1.82) is 0 Å². The molecule has 1 aromatic heterocycles. The van der Waals surface area contributed by atoms with Gasteiger partial charge in [0.1, 0.15) is 5.76 Å². The average Bonchev–Trinajstić information content (AvgIpc) is 2.57. The lowest BCUT2D eigenvalue weighted by atomic mass is 9.66. The molecule has 0 saturated heterocycles. The van der Waals surface area contributed by atoms with E-state index in [1.165, 1.54) is 6.42 Å². The summed E-state index contributed by atoms with van der Waals surface area (Å²) in [7, 11) is 0. The van der Waals surface area contributed by atoms with Crippen molar-refractivity contribution in [2.24, 2.45) is 11.1 Å². The Morgan fingerprint density at radius 3 is 2.88 bits per heavy atom. The van der Waals surface area contributed by atoms with Crippen LogP contribution in [0.5, 0.6) is 0 Å². The van der Waals surface area contributed by atoms with E-state index in [9.17, 15) is 4.79 Å². The molecule has 1 saturated carbocycles. The van der Waals surface area contributed by atoms with Crippen LogP contribution in [-0.4, -0.2) is 17.6 Å². The maximum Gasteiger partial charge on any atom is 0.226 e. The molecule has 3 N–H and O–H groups in total. The second-order valence-electron chi connectivity index (χ2n) is 4.61. The summed E-state index contributed by atoms with van der Waals surface area (Å²) in [6.07, 6.45) is 3.76. The first kappa shape index (κ1) is 11.1. The van der Waals surface area contributed by atoms with E-state index in [0.717, 1.165) is 12.8 Å². The van der Waals surface area contributed by atoms with Gasteiger partial charge >= 0.3 is 0 Å². The van der Waals surface area contributed by atoms with Crippen LogP contribution in [-0.2, 0) is 4.79 Å². The zero-order valence-corrected chi connectivity index (χ0v) is 9.45. The van der Waals surface area contributed by atoms with Gasteiger partial charge in [0.25, 0.3) is 0 Å². The van der Waals surface area contributed by atoms with Crippen LogP contribution in [0, 0.1) is 12.3 Å². The Morgan fingerprint density at radius 2 is 2.44 bits per heavy atom. The number of nitrogens with two attached hydrogens (primary N) is 1. The molecule has 1 aromatic rings. The molecule has 16 heavy (non-hydrogen) atoms. The van der Waals surface area contributed by atoms with Gasteiger partial charge in [0, 0.05) is 12.5 Å². The van der Waals surface area contributed by atoms with Crippen molar-refractivity contribution in [3.63, 3.8) is 0 Å². The third-order valence-electron chi connectivity index (χ3n) is 3.28. The lowest BCUT2D eigenvalue weighted by Crippen LogP contribution is -2.40. The van der Waals surface area contributed by atoms with Gasteiger partial charge in [0.15, 0.2) is 5.82 Å². The Labute approximate surface area is 94.4 Å². The molecule has 1 amide bonds. The lowest BCUT2D eigenvalue weighted by Gasteiger charge is -2.40. The summed E-state index contributed by atoms with van der Waals surface area (Å²) in [5, 5.41) is 6.44. The molecule has 88 valence electrons. The molecule has 0 spiro atoms. The quantitative estimate of drug-likeness (QED) is 0.809. The molecule has 5 nitrogen and oxygen atoms in total. The van der Waals surface area contributed by atoms with Crippen molar-refractivity contribution in [1.82, 2.24) is 5.16 Å². The highest BCUT2D eigenvalue weighted by Gasteiger charge is 2.37. The SMILES string of the molecule is Cc1cc(NC(=O)CC2(CN)CCC2)no1. The highest BCUT2D eigenvalue weighted by molar-refractivity contribution is 5.90. The molecule has 1 heterocycles. The summed E-state index contributed by atoms with van der Waals surface area (Å²) in [4.78, 5) is 11.7. The molecule has 0 atom stereocenters. The maximum atomic E-state index is 11.7. The van der Waals surface area contributed by atoms with Gasteiger partial charge in [-0.2, -0.15) is 0 Å². The van der Waals surface area contributed by atoms with Gasteiger partial charge in [-0.15, -0.1) is 0 Å². The molecule has 5 heteroatoms. The molecule has 0 bridgehead atoms. The molecular formula is C11H17N3O2. The summed E-state index contributed by atoms with van der Waals surface area (Å²) < 4.78 is 4.87. The second kappa shape index (κ2) is 4.25. The van der Waals surface area contributed by atoms with E-state index in [1.807, 2.05) is 0 Å². The summed E-state index contributed by atoms with van der Waals surface area (Å²) >= 11 is 0. The van der Waals surface area contributed by atoms with Gasteiger partial charge in [-0.05, 0) is 31.7 Å². The van der Waals surface area contributed by atoms with Crippen LogP contribution in [0.4, 0.5) is 5.82 Å². The summed E-state index contributed by atoms with van der Waals surface area (Å²) in [6, 6.07) is 1.70. The van der Waals surface area contributed by atoms with E-state index in [-0.39, 0.29) is 11.3 Å². The van der Waals surface area contributed by atoms with Gasteiger partial charge in [-0.3, -0.25) is 4.79 Å². The molecule has 0 unspecified atom stereocenters. The van der Waals surface area contributed by atoms with E-state index in [0.29, 0.717) is 24.5 Å². The number of rotatable bonds is 4. The average molecular weight is 223 g/mol. The van der Waals surface area contributed by atoms with Crippen LogP contribution in [0.2, 0.25) is 0 Å². The fraction of sp³-hybridized carbons (Fsp3) is 0.636. The van der Waals surface area contributed by atoms with Crippen LogP contribution in [0.1, 0.15) is 31.4 Å². The molecule has 1 aliphatic rings. The first-order valence-electron chi connectivity index (χ1n) is 5.57. The number of nitrogens with zero attached hydrogens (tertiary/aromatic N) is 1. The summed E-state index contributed by atoms with van der Waals surface area (Å²) in [5.41, 5.74) is 5.73. The molecule has 0 aliphatic heterocycles. The zero-order valence-electron chi connectivity index (χ0n) is 9.45. The summed E-state index contributed by atoms with van der Waals surface area (Å²) in [5.74, 6) is 1.14. The first-order valence-corrected chi connectivity index (χ1v) is 5.57. The topological polar surface area (TPSA) is 81.2 Å². The molecule has 1 aliphatic carbocycles. The van der Waals surface area contributed by atoms with Gasteiger partial charge in [0.2, 0.25) is 5.91 Å². The van der Waals surface area contributed by atoms with Crippen molar-refractivity contribution in [3.05, 3.63) is 11.8 Å². The number of hydrogen-bond acceptors (Lipinski definition) is 4. The van der Waals surface area contributed by atoms with Crippen LogP contribution in [0.15, 0.2) is 10.6 Å². The van der Waals surface area contributed by atoms with Crippen molar-refractivity contribution in [2.45, 2.75) is 32.6 Å². The number of nitrogens with one attached hydrogen (secondary N) is 1. The van der Waals surface area contributed by atoms with Crippen molar-refractivity contribution < 1.29 is 9.32 Å². The minimum Gasteiger partial charge on any atom is -0.360 e. The fourth-order valence-electron chi connectivity index (χ4n) is 2.08. The maximum absolute atomic E-state index is 11.7. The van der Waals surface area contributed by atoms with E-state index in [4.69, 9.17) is 10.3 Å².